The van der Waals surface area contributed by atoms with Crippen molar-refractivity contribution in [2.24, 2.45) is 0 Å². The van der Waals surface area contributed by atoms with Crippen LogP contribution in [-0.4, -0.2) is 35.1 Å². The van der Waals surface area contributed by atoms with Gasteiger partial charge in [0.2, 0.25) is 11.8 Å². The monoisotopic (exact) mass is 402 g/mol. The number of halogens is 1. The lowest BCUT2D eigenvalue weighted by atomic mass is 10.1. The smallest absolute Gasteiger partial charge is 0.242 e. The predicted molar refractivity (Wildman–Crippen MR) is 112 cm³/mol. The van der Waals surface area contributed by atoms with Crippen LogP contribution in [0.4, 0.5) is 4.39 Å². The Bertz CT molecular complexity index is 813. The van der Waals surface area contributed by atoms with Crippen LogP contribution in [0.15, 0.2) is 48.5 Å². The fourth-order valence-corrected chi connectivity index (χ4v) is 3.72. The minimum absolute atomic E-state index is 0.136. The summed E-state index contributed by atoms with van der Waals surface area (Å²) in [5, 5.41) is 2.78. The van der Waals surface area contributed by atoms with E-state index in [4.69, 9.17) is 0 Å². The maximum atomic E-state index is 13.8. The highest BCUT2D eigenvalue weighted by Crippen LogP contribution is 2.18. The van der Waals surface area contributed by atoms with E-state index < -0.39 is 6.04 Å². The lowest BCUT2D eigenvalue weighted by Crippen LogP contribution is -2.48. The number of nitrogens with one attached hydrogen (secondary N) is 1. The minimum Gasteiger partial charge on any atom is -0.355 e. The van der Waals surface area contributed by atoms with E-state index in [2.05, 4.69) is 5.32 Å². The molecule has 0 bridgehead atoms. The summed E-state index contributed by atoms with van der Waals surface area (Å²) >= 11 is 1.35. The zero-order valence-electron chi connectivity index (χ0n) is 16.6. The Kier molecular flexibility index (Phi) is 8.51. The van der Waals surface area contributed by atoms with Crippen molar-refractivity contribution in [3.05, 3.63) is 71.0 Å². The average molecular weight is 403 g/mol. The average Bonchev–Trinajstić information content (AvgIpc) is 2.68. The number of rotatable bonds is 9. The second-order valence-corrected chi connectivity index (χ2v) is 7.59. The van der Waals surface area contributed by atoms with E-state index in [1.807, 2.05) is 38.1 Å². The molecule has 150 valence electrons. The predicted octanol–water partition coefficient (Wildman–Crippen LogP) is 3.92. The molecule has 0 aliphatic heterocycles. The van der Waals surface area contributed by atoms with Gasteiger partial charge in [-0.05, 0) is 43.5 Å². The van der Waals surface area contributed by atoms with E-state index in [0.717, 1.165) is 11.1 Å². The van der Waals surface area contributed by atoms with Gasteiger partial charge in [-0.15, -0.1) is 11.8 Å². The quantitative estimate of drug-likeness (QED) is 0.692. The lowest BCUT2D eigenvalue weighted by molar-refractivity contribution is -0.138. The second kappa shape index (κ2) is 10.9. The van der Waals surface area contributed by atoms with Crippen molar-refractivity contribution in [1.82, 2.24) is 10.2 Å². The third kappa shape index (κ3) is 6.09. The van der Waals surface area contributed by atoms with Crippen molar-refractivity contribution in [2.45, 2.75) is 39.1 Å². The van der Waals surface area contributed by atoms with E-state index in [1.54, 1.807) is 30.0 Å². The van der Waals surface area contributed by atoms with Crippen molar-refractivity contribution >= 4 is 23.6 Å². The molecule has 0 heterocycles. The summed E-state index contributed by atoms with van der Waals surface area (Å²) in [7, 11) is 0. The van der Waals surface area contributed by atoms with E-state index in [1.165, 1.54) is 17.8 Å². The molecule has 0 spiro atoms. The summed E-state index contributed by atoms with van der Waals surface area (Å²) in [5.74, 6) is 0.0117. The summed E-state index contributed by atoms with van der Waals surface area (Å²) in [5.41, 5.74) is 2.65. The normalized spacial score (nSPS) is 11.7. The van der Waals surface area contributed by atoms with Crippen LogP contribution < -0.4 is 5.32 Å². The van der Waals surface area contributed by atoms with Crippen LogP contribution in [0.3, 0.4) is 0 Å². The van der Waals surface area contributed by atoms with Crippen LogP contribution in [0.25, 0.3) is 0 Å². The number of aryl methyl sites for hydroxylation is 1. The highest BCUT2D eigenvalue weighted by atomic mass is 32.2. The van der Waals surface area contributed by atoms with Gasteiger partial charge in [-0.3, -0.25) is 9.59 Å². The molecular formula is C22H27FN2O2S. The molecule has 0 fully saturated rings. The summed E-state index contributed by atoms with van der Waals surface area (Å²) in [4.78, 5) is 26.9. The van der Waals surface area contributed by atoms with Crippen LogP contribution in [0.1, 0.15) is 30.5 Å². The van der Waals surface area contributed by atoms with Crippen molar-refractivity contribution < 1.29 is 14.0 Å². The van der Waals surface area contributed by atoms with Gasteiger partial charge in [-0.25, -0.2) is 4.39 Å². The zero-order chi connectivity index (χ0) is 20.5. The number of hydrogen-bond donors (Lipinski definition) is 1. The Morgan fingerprint density at radius 3 is 2.39 bits per heavy atom. The number of hydrogen-bond acceptors (Lipinski definition) is 3. The molecule has 1 atom stereocenters. The first-order valence-corrected chi connectivity index (χ1v) is 10.5. The summed E-state index contributed by atoms with van der Waals surface area (Å²) in [6.07, 6.45) is 0. The lowest BCUT2D eigenvalue weighted by Gasteiger charge is -2.29. The SMILES string of the molecule is CCNC(=O)[C@H](C)N(Cc1ccccc1C)C(=O)CSCc1ccccc1F. The molecule has 0 aromatic heterocycles. The van der Waals surface area contributed by atoms with Crippen LogP contribution in [-0.2, 0) is 21.9 Å². The number of carbonyl (C=O) groups excluding carboxylic acids is 2. The van der Waals surface area contributed by atoms with Crippen molar-refractivity contribution in [3.8, 4) is 0 Å². The molecule has 0 saturated carbocycles. The molecule has 6 heteroatoms. The molecule has 28 heavy (non-hydrogen) atoms. The highest BCUT2D eigenvalue weighted by Gasteiger charge is 2.26. The van der Waals surface area contributed by atoms with Gasteiger partial charge in [0.25, 0.3) is 0 Å². The third-order valence-electron chi connectivity index (χ3n) is 4.56. The van der Waals surface area contributed by atoms with Crippen LogP contribution >= 0.6 is 11.8 Å². The Hall–Kier alpha value is -2.34. The van der Waals surface area contributed by atoms with Gasteiger partial charge in [0.1, 0.15) is 11.9 Å². The third-order valence-corrected chi connectivity index (χ3v) is 5.53. The number of amides is 2. The molecular weight excluding hydrogens is 375 g/mol. The fraction of sp³-hybridized carbons (Fsp3) is 0.364. The van der Waals surface area contributed by atoms with Gasteiger partial charge < -0.3 is 10.2 Å². The van der Waals surface area contributed by atoms with E-state index in [9.17, 15) is 14.0 Å². The molecule has 2 aromatic carbocycles. The van der Waals surface area contributed by atoms with E-state index >= 15 is 0 Å². The standard InChI is InChI=1S/C22H27FN2O2S/c1-4-24-22(27)17(3)25(13-18-10-6-5-9-16(18)2)21(26)15-28-14-19-11-7-8-12-20(19)23/h5-12,17H,4,13-15H2,1-3H3,(H,24,27)/t17-/m0/s1. The molecule has 0 unspecified atom stereocenters. The van der Waals surface area contributed by atoms with Gasteiger partial charge in [-0.2, -0.15) is 0 Å². The number of likely N-dealkylation sites (N-methyl/N-ethyl adjacent to an activating group) is 1. The van der Waals surface area contributed by atoms with Gasteiger partial charge >= 0.3 is 0 Å². The number of benzene rings is 2. The number of thioether (sulfide) groups is 1. The first-order chi connectivity index (χ1) is 13.4. The first kappa shape index (κ1) is 22.0. The topological polar surface area (TPSA) is 49.4 Å². The maximum Gasteiger partial charge on any atom is 0.242 e. The molecule has 2 amide bonds. The molecule has 0 radical (unpaired) electrons. The van der Waals surface area contributed by atoms with Crippen LogP contribution in [0.5, 0.6) is 0 Å². The number of nitrogens with zero attached hydrogens (tertiary/aromatic N) is 1. The Labute approximate surface area is 170 Å². The molecule has 0 aliphatic rings. The zero-order valence-corrected chi connectivity index (χ0v) is 17.4. The van der Waals surface area contributed by atoms with Crippen LogP contribution in [0, 0.1) is 12.7 Å². The maximum absolute atomic E-state index is 13.8. The van der Waals surface area contributed by atoms with E-state index in [-0.39, 0.29) is 23.4 Å². The summed E-state index contributed by atoms with van der Waals surface area (Å²) in [6.45, 7) is 6.45. The van der Waals surface area contributed by atoms with Crippen molar-refractivity contribution in [2.75, 3.05) is 12.3 Å². The van der Waals surface area contributed by atoms with Gasteiger partial charge in [0.05, 0.1) is 5.75 Å². The second-order valence-electron chi connectivity index (χ2n) is 6.60. The largest absolute Gasteiger partial charge is 0.355 e. The number of carbonyl (C=O) groups is 2. The van der Waals surface area contributed by atoms with Crippen molar-refractivity contribution in [3.63, 3.8) is 0 Å². The first-order valence-electron chi connectivity index (χ1n) is 9.36. The highest BCUT2D eigenvalue weighted by molar-refractivity contribution is 7.99. The van der Waals surface area contributed by atoms with Gasteiger partial charge in [0, 0.05) is 18.8 Å². The Balaban J connectivity index is 2.08. The molecule has 2 aromatic rings. The van der Waals surface area contributed by atoms with Crippen LogP contribution in [0.2, 0.25) is 0 Å². The van der Waals surface area contributed by atoms with E-state index in [0.29, 0.717) is 24.4 Å². The minimum atomic E-state index is -0.582. The molecule has 0 aliphatic carbocycles. The van der Waals surface area contributed by atoms with Gasteiger partial charge in [-0.1, -0.05) is 42.5 Å². The Morgan fingerprint density at radius 1 is 1.11 bits per heavy atom. The summed E-state index contributed by atoms with van der Waals surface area (Å²) < 4.78 is 13.8. The molecule has 1 N–H and O–H groups in total. The van der Waals surface area contributed by atoms with Crippen molar-refractivity contribution in [1.29, 1.82) is 0 Å². The molecule has 4 nitrogen and oxygen atoms in total. The molecule has 2 rings (SSSR count). The summed E-state index contributed by atoms with van der Waals surface area (Å²) in [6, 6.07) is 13.8. The Morgan fingerprint density at radius 2 is 1.75 bits per heavy atom. The van der Waals surface area contributed by atoms with Gasteiger partial charge in [0.15, 0.2) is 0 Å². The molecule has 0 saturated heterocycles. The fourth-order valence-electron chi connectivity index (χ4n) is 2.82.